The first-order valence-electron chi connectivity index (χ1n) is 8.84. The van der Waals surface area contributed by atoms with Crippen LogP contribution in [0.4, 0.5) is 4.79 Å². The van der Waals surface area contributed by atoms with E-state index in [1.165, 1.54) is 24.3 Å². The van der Waals surface area contributed by atoms with Crippen LogP contribution in [0.3, 0.4) is 0 Å². The van der Waals surface area contributed by atoms with Gasteiger partial charge in [0.15, 0.2) is 0 Å². The Bertz CT molecular complexity index is 831. The second-order valence-corrected chi connectivity index (χ2v) is 9.75. The van der Waals surface area contributed by atoms with Gasteiger partial charge in [-0.15, -0.1) is 0 Å². The van der Waals surface area contributed by atoms with Gasteiger partial charge < -0.3 is 14.5 Å². The number of hydrogen-bond acceptors (Lipinski definition) is 5. The van der Waals surface area contributed by atoms with E-state index in [4.69, 9.17) is 9.88 Å². The molecule has 2 amide bonds. The van der Waals surface area contributed by atoms with Gasteiger partial charge >= 0.3 is 6.09 Å². The zero-order chi connectivity index (χ0) is 20.0. The normalized spacial score (nSPS) is 22.7. The molecule has 2 aliphatic rings. The number of amides is 2. The van der Waals surface area contributed by atoms with Crippen molar-refractivity contribution in [2.45, 2.75) is 31.3 Å². The van der Waals surface area contributed by atoms with Crippen LogP contribution >= 0.6 is 0 Å². The van der Waals surface area contributed by atoms with Crippen molar-refractivity contribution in [3.05, 3.63) is 29.8 Å². The van der Waals surface area contributed by atoms with Crippen LogP contribution in [-0.4, -0.2) is 62.0 Å². The smallest absolute Gasteiger partial charge is 0.410 e. The standard InChI is InChI=1S/C18H25N3O5S/c1-18(2,3)26-17(23)21-10-13-8-20(9-14(13)11-21)16(22)12-4-6-15(7-5-12)27(19,24)25/h4-7,13-14H,8-11H2,1-3H3,(H2,19,24,25)/t13-,14-/m0/s1. The molecule has 148 valence electrons. The highest BCUT2D eigenvalue weighted by molar-refractivity contribution is 7.89. The molecule has 2 heterocycles. The van der Waals surface area contributed by atoms with Gasteiger partial charge in [-0.1, -0.05) is 0 Å². The minimum absolute atomic E-state index is 0.0228. The number of fused-ring (bicyclic) bond motifs is 1. The van der Waals surface area contributed by atoms with Crippen LogP contribution in [0.15, 0.2) is 29.2 Å². The van der Waals surface area contributed by atoms with Crippen LogP contribution in [0.2, 0.25) is 0 Å². The van der Waals surface area contributed by atoms with Crippen molar-refractivity contribution in [1.29, 1.82) is 0 Å². The predicted octanol–water partition coefficient (Wildman–Crippen LogP) is 1.27. The molecule has 8 nitrogen and oxygen atoms in total. The summed E-state index contributed by atoms with van der Waals surface area (Å²) < 4.78 is 28.0. The lowest BCUT2D eigenvalue weighted by atomic mass is 10.0. The third-order valence-corrected chi connectivity index (χ3v) is 5.78. The number of sulfonamides is 1. The van der Waals surface area contributed by atoms with Crippen LogP contribution in [0, 0.1) is 11.8 Å². The molecule has 1 aromatic rings. The van der Waals surface area contributed by atoms with Crippen molar-refractivity contribution in [2.75, 3.05) is 26.2 Å². The van der Waals surface area contributed by atoms with Crippen LogP contribution in [0.5, 0.6) is 0 Å². The van der Waals surface area contributed by atoms with Crippen LogP contribution < -0.4 is 5.14 Å². The first-order valence-corrected chi connectivity index (χ1v) is 10.4. The Hall–Kier alpha value is -2.13. The number of carbonyl (C=O) groups excluding carboxylic acids is 2. The molecule has 1 aromatic carbocycles. The lowest BCUT2D eigenvalue weighted by Crippen LogP contribution is -2.38. The van der Waals surface area contributed by atoms with E-state index in [0.29, 0.717) is 31.7 Å². The van der Waals surface area contributed by atoms with Gasteiger partial charge in [0.05, 0.1) is 4.90 Å². The van der Waals surface area contributed by atoms with Crippen LogP contribution in [-0.2, 0) is 14.8 Å². The van der Waals surface area contributed by atoms with Crippen molar-refractivity contribution < 1.29 is 22.7 Å². The molecule has 0 radical (unpaired) electrons. The number of primary sulfonamides is 1. The van der Waals surface area contributed by atoms with E-state index in [1.807, 2.05) is 20.8 Å². The number of likely N-dealkylation sites (tertiary alicyclic amines) is 2. The van der Waals surface area contributed by atoms with Crippen LogP contribution in [0.1, 0.15) is 31.1 Å². The van der Waals surface area contributed by atoms with E-state index < -0.39 is 15.6 Å². The summed E-state index contributed by atoms with van der Waals surface area (Å²) in [6.07, 6.45) is -0.312. The topological polar surface area (TPSA) is 110 Å². The third-order valence-electron chi connectivity index (χ3n) is 4.85. The maximum atomic E-state index is 12.7. The van der Waals surface area contributed by atoms with Gasteiger partial charge in [0.25, 0.3) is 5.91 Å². The second-order valence-electron chi connectivity index (χ2n) is 8.19. The fraction of sp³-hybridized carbons (Fsp3) is 0.556. The lowest BCUT2D eigenvalue weighted by molar-refractivity contribution is 0.0275. The maximum Gasteiger partial charge on any atom is 0.410 e. The number of benzene rings is 1. The van der Waals surface area contributed by atoms with Crippen molar-refractivity contribution in [3.63, 3.8) is 0 Å². The molecule has 27 heavy (non-hydrogen) atoms. The van der Waals surface area contributed by atoms with Gasteiger partial charge in [-0.3, -0.25) is 4.79 Å². The van der Waals surface area contributed by atoms with Crippen molar-refractivity contribution >= 4 is 22.0 Å². The van der Waals surface area contributed by atoms with Gasteiger partial charge in [0.1, 0.15) is 5.60 Å². The minimum Gasteiger partial charge on any atom is -0.444 e. The Kier molecular flexibility index (Phi) is 4.94. The number of rotatable bonds is 2. The highest BCUT2D eigenvalue weighted by atomic mass is 32.2. The predicted molar refractivity (Wildman–Crippen MR) is 98.5 cm³/mol. The molecular formula is C18H25N3O5S. The molecule has 0 bridgehead atoms. The molecule has 2 saturated heterocycles. The van der Waals surface area contributed by atoms with E-state index >= 15 is 0 Å². The SMILES string of the molecule is CC(C)(C)OC(=O)N1C[C@@H]2CN(C(=O)c3ccc(S(N)(=O)=O)cc3)C[C@H]2C1. The Morgan fingerprint density at radius 2 is 1.48 bits per heavy atom. The summed E-state index contributed by atoms with van der Waals surface area (Å²) in [5.74, 6) is 0.310. The third kappa shape index (κ3) is 4.41. The van der Waals surface area contributed by atoms with E-state index in [9.17, 15) is 18.0 Å². The molecule has 0 spiro atoms. The summed E-state index contributed by atoms with van der Waals surface area (Å²) in [7, 11) is -3.78. The molecule has 2 fully saturated rings. The first-order chi connectivity index (χ1) is 12.4. The average Bonchev–Trinajstić information content (AvgIpc) is 3.10. The van der Waals surface area contributed by atoms with E-state index in [-0.39, 0.29) is 28.7 Å². The summed E-state index contributed by atoms with van der Waals surface area (Å²) in [4.78, 5) is 28.3. The number of nitrogens with zero attached hydrogens (tertiary/aromatic N) is 2. The minimum atomic E-state index is -3.78. The van der Waals surface area contributed by atoms with Crippen LogP contribution in [0.25, 0.3) is 0 Å². The Morgan fingerprint density at radius 3 is 1.93 bits per heavy atom. The molecule has 0 aromatic heterocycles. The molecule has 2 N–H and O–H groups in total. The van der Waals surface area contributed by atoms with Gasteiger partial charge in [0, 0.05) is 43.6 Å². The molecule has 0 aliphatic carbocycles. The molecule has 9 heteroatoms. The zero-order valence-electron chi connectivity index (χ0n) is 15.7. The van der Waals surface area contributed by atoms with Crippen molar-refractivity contribution in [2.24, 2.45) is 17.0 Å². The molecule has 2 aliphatic heterocycles. The number of carbonyl (C=O) groups is 2. The average molecular weight is 395 g/mol. The highest BCUT2D eigenvalue weighted by Gasteiger charge is 2.44. The zero-order valence-corrected chi connectivity index (χ0v) is 16.5. The molecule has 2 atom stereocenters. The van der Waals surface area contributed by atoms with Crippen molar-refractivity contribution in [1.82, 2.24) is 9.80 Å². The summed E-state index contributed by atoms with van der Waals surface area (Å²) in [6.45, 7) is 7.80. The second kappa shape index (κ2) is 6.79. The van der Waals surface area contributed by atoms with Crippen molar-refractivity contribution in [3.8, 4) is 0 Å². The number of hydrogen-bond donors (Lipinski definition) is 1. The molecule has 0 unspecified atom stereocenters. The van der Waals surface area contributed by atoms with E-state index in [2.05, 4.69) is 0 Å². The fourth-order valence-electron chi connectivity index (χ4n) is 3.60. The molecule has 3 rings (SSSR count). The largest absolute Gasteiger partial charge is 0.444 e. The highest BCUT2D eigenvalue weighted by Crippen LogP contribution is 2.32. The number of ether oxygens (including phenoxy) is 1. The van der Waals surface area contributed by atoms with Gasteiger partial charge in [0.2, 0.25) is 10.0 Å². The fourth-order valence-corrected chi connectivity index (χ4v) is 4.12. The van der Waals surface area contributed by atoms with E-state index in [0.717, 1.165) is 0 Å². The van der Waals surface area contributed by atoms with Gasteiger partial charge in [-0.05, 0) is 45.0 Å². The Morgan fingerprint density at radius 1 is 1.00 bits per heavy atom. The Balaban J connectivity index is 1.60. The summed E-state index contributed by atoms with van der Waals surface area (Å²) in [6, 6.07) is 5.62. The molecule has 0 saturated carbocycles. The van der Waals surface area contributed by atoms with E-state index in [1.54, 1.807) is 9.80 Å². The quantitative estimate of drug-likeness (QED) is 0.811. The lowest BCUT2D eigenvalue weighted by Gasteiger charge is -2.26. The summed E-state index contributed by atoms with van der Waals surface area (Å²) in [5, 5.41) is 5.08. The Labute approximate surface area is 159 Å². The molecular weight excluding hydrogens is 370 g/mol. The number of nitrogens with two attached hydrogens (primary N) is 1. The van der Waals surface area contributed by atoms with Gasteiger partial charge in [-0.2, -0.15) is 0 Å². The maximum absolute atomic E-state index is 12.7. The monoisotopic (exact) mass is 395 g/mol. The summed E-state index contributed by atoms with van der Waals surface area (Å²) in [5.41, 5.74) is -0.105. The summed E-state index contributed by atoms with van der Waals surface area (Å²) >= 11 is 0. The van der Waals surface area contributed by atoms with Gasteiger partial charge in [-0.25, -0.2) is 18.4 Å². The first kappa shape index (κ1) is 19.6.